The molecule has 0 heterocycles. The van der Waals surface area contributed by atoms with Crippen LogP contribution in [0.15, 0.2) is 45.3 Å². The molecule has 0 aromatic heterocycles. The second-order valence-electron chi connectivity index (χ2n) is 4.29. The molecule has 1 nitrogen and oxygen atoms in total. The lowest BCUT2D eigenvalue weighted by atomic mass is 9.97. The Bertz CT molecular complexity index is 597. The molecule has 5 heteroatoms. The highest BCUT2D eigenvalue weighted by atomic mass is 79.9. The average molecular weight is 405 g/mol. The second kappa shape index (κ2) is 6.78. The van der Waals surface area contributed by atoms with E-state index in [2.05, 4.69) is 37.2 Å². The Morgan fingerprint density at radius 2 is 1.75 bits per heavy atom. The third-order valence-corrected chi connectivity index (χ3v) is 4.15. The normalized spacial score (nSPS) is 12.4. The summed E-state index contributed by atoms with van der Waals surface area (Å²) in [7, 11) is 0. The maximum atomic E-state index is 14.0. The van der Waals surface area contributed by atoms with Crippen LogP contribution in [0.5, 0.6) is 0 Å². The standard InChI is InChI=1S/C15H13Br2F2N/c1-2-20-15(10-7-6-9(16)8-11(10)17)14-12(18)4-3-5-13(14)19/h3-8,15,20H,2H2,1H3. The maximum Gasteiger partial charge on any atom is 0.131 e. The van der Waals surface area contributed by atoms with Crippen LogP contribution < -0.4 is 5.32 Å². The van der Waals surface area contributed by atoms with E-state index in [4.69, 9.17) is 0 Å². The summed E-state index contributed by atoms with van der Waals surface area (Å²) in [6.45, 7) is 2.50. The molecule has 0 aliphatic heterocycles. The summed E-state index contributed by atoms with van der Waals surface area (Å²) in [4.78, 5) is 0. The molecule has 0 aliphatic carbocycles. The zero-order chi connectivity index (χ0) is 14.7. The van der Waals surface area contributed by atoms with Crippen molar-refractivity contribution in [1.29, 1.82) is 0 Å². The molecule has 0 fully saturated rings. The van der Waals surface area contributed by atoms with E-state index in [0.717, 1.165) is 14.5 Å². The van der Waals surface area contributed by atoms with Crippen molar-refractivity contribution >= 4 is 31.9 Å². The first-order chi connectivity index (χ1) is 9.54. The first-order valence-corrected chi connectivity index (χ1v) is 7.75. The molecule has 1 N–H and O–H groups in total. The number of rotatable bonds is 4. The van der Waals surface area contributed by atoms with E-state index in [1.165, 1.54) is 18.2 Å². The summed E-state index contributed by atoms with van der Waals surface area (Å²) in [5, 5.41) is 3.13. The van der Waals surface area contributed by atoms with Crippen LogP contribution in [0, 0.1) is 11.6 Å². The molecule has 0 radical (unpaired) electrons. The predicted octanol–water partition coefficient (Wildman–Crippen LogP) is 5.19. The van der Waals surface area contributed by atoms with Gasteiger partial charge >= 0.3 is 0 Å². The van der Waals surface area contributed by atoms with E-state index in [9.17, 15) is 8.78 Å². The van der Waals surface area contributed by atoms with Crippen LogP contribution in [0.25, 0.3) is 0 Å². The first kappa shape index (κ1) is 15.6. The van der Waals surface area contributed by atoms with E-state index >= 15 is 0 Å². The smallest absolute Gasteiger partial charge is 0.131 e. The molecule has 0 saturated carbocycles. The fourth-order valence-corrected chi connectivity index (χ4v) is 3.37. The van der Waals surface area contributed by atoms with Crippen LogP contribution in [0.2, 0.25) is 0 Å². The fourth-order valence-electron chi connectivity index (χ4n) is 2.09. The zero-order valence-electron chi connectivity index (χ0n) is 10.8. The molecule has 2 aromatic rings. The molecular formula is C15H13Br2F2N. The lowest BCUT2D eigenvalue weighted by Crippen LogP contribution is -2.24. The molecule has 2 aromatic carbocycles. The Kier molecular flexibility index (Phi) is 5.29. The molecular weight excluding hydrogens is 392 g/mol. The van der Waals surface area contributed by atoms with Crippen LogP contribution in [0.4, 0.5) is 8.78 Å². The van der Waals surface area contributed by atoms with Crippen molar-refractivity contribution in [2.75, 3.05) is 6.54 Å². The van der Waals surface area contributed by atoms with Gasteiger partial charge in [0.1, 0.15) is 11.6 Å². The molecule has 0 saturated heterocycles. The fraction of sp³-hybridized carbons (Fsp3) is 0.200. The van der Waals surface area contributed by atoms with Crippen molar-refractivity contribution in [2.45, 2.75) is 13.0 Å². The number of nitrogens with one attached hydrogen (secondary N) is 1. The third-order valence-electron chi connectivity index (χ3n) is 2.97. The SMILES string of the molecule is CCNC(c1ccc(Br)cc1Br)c1c(F)cccc1F. The molecule has 2 rings (SSSR count). The van der Waals surface area contributed by atoms with Gasteiger partial charge in [0.05, 0.1) is 6.04 Å². The van der Waals surface area contributed by atoms with Crippen molar-refractivity contribution in [2.24, 2.45) is 0 Å². The molecule has 1 atom stereocenters. The quantitative estimate of drug-likeness (QED) is 0.739. The Hall–Kier alpha value is -0.780. The summed E-state index contributed by atoms with van der Waals surface area (Å²) in [6.07, 6.45) is 0. The lowest BCUT2D eigenvalue weighted by Gasteiger charge is -2.21. The minimum atomic E-state index is -0.550. The van der Waals surface area contributed by atoms with E-state index in [-0.39, 0.29) is 5.56 Å². The van der Waals surface area contributed by atoms with Crippen molar-refractivity contribution in [3.05, 3.63) is 68.1 Å². The van der Waals surface area contributed by atoms with Gasteiger partial charge in [-0.3, -0.25) is 0 Å². The highest BCUT2D eigenvalue weighted by molar-refractivity contribution is 9.11. The van der Waals surface area contributed by atoms with Gasteiger partial charge in [-0.25, -0.2) is 8.78 Å². The van der Waals surface area contributed by atoms with Gasteiger partial charge in [-0.2, -0.15) is 0 Å². The second-order valence-corrected chi connectivity index (χ2v) is 6.06. The highest BCUT2D eigenvalue weighted by Crippen LogP contribution is 2.33. The minimum Gasteiger partial charge on any atom is -0.306 e. The van der Waals surface area contributed by atoms with Crippen LogP contribution in [-0.2, 0) is 0 Å². The topological polar surface area (TPSA) is 12.0 Å². The Morgan fingerprint density at radius 3 is 2.30 bits per heavy atom. The Labute approximate surface area is 133 Å². The van der Waals surface area contributed by atoms with Crippen LogP contribution >= 0.6 is 31.9 Å². The minimum absolute atomic E-state index is 0.0392. The third kappa shape index (κ3) is 3.27. The maximum absolute atomic E-state index is 14.0. The number of benzene rings is 2. The monoisotopic (exact) mass is 403 g/mol. The number of halogens is 4. The summed E-state index contributed by atoms with van der Waals surface area (Å²) in [6, 6.07) is 8.93. The summed E-state index contributed by atoms with van der Waals surface area (Å²) in [5.74, 6) is -1.10. The largest absolute Gasteiger partial charge is 0.306 e. The van der Waals surface area contributed by atoms with E-state index in [0.29, 0.717) is 6.54 Å². The van der Waals surface area contributed by atoms with Gasteiger partial charge in [0.15, 0.2) is 0 Å². The molecule has 0 spiro atoms. The molecule has 0 amide bonds. The van der Waals surface area contributed by atoms with E-state index < -0.39 is 17.7 Å². The molecule has 1 unspecified atom stereocenters. The number of hydrogen-bond acceptors (Lipinski definition) is 1. The highest BCUT2D eigenvalue weighted by Gasteiger charge is 2.22. The van der Waals surface area contributed by atoms with Crippen LogP contribution in [0.3, 0.4) is 0 Å². The lowest BCUT2D eigenvalue weighted by molar-refractivity contribution is 0.509. The van der Waals surface area contributed by atoms with Gasteiger partial charge in [-0.05, 0) is 36.4 Å². The summed E-state index contributed by atoms with van der Waals surface area (Å²) >= 11 is 6.82. The summed E-state index contributed by atoms with van der Waals surface area (Å²) < 4.78 is 29.7. The van der Waals surface area contributed by atoms with Gasteiger partial charge in [0, 0.05) is 14.5 Å². The van der Waals surface area contributed by atoms with Gasteiger partial charge in [-0.1, -0.05) is 50.9 Å². The van der Waals surface area contributed by atoms with Gasteiger partial charge in [0.25, 0.3) is 0 Å². The molecule has 0 bridgehead atoms. The Balaban J connectivity index is 2.56. The van der Waals surface area contributed by atoms with E-state index in [1.54, 1.807) is 0 Å². The molecule has 0 aliphatic rings. The van der Waals surface area contributed by atoms with Crippen molar-refractivity contribution in [3.63, 3.8) is 0 Å². The first-order valence-electron chi connectivity index (χ1n) is 6.16. The molecule has 20 heavy (non-hydrogen) atoms. The van der Waals surface area contributed by atoms with Crippen LogP contribution in [0.1, 0.15) is 24.1 Å². The average Bonchev–Trinajstić information content (AvgIpc) is 2.38. The van der Waals surface area contributed by atoms with Crippen molar-refractivity contribution in [3.8, 4) is 0 Å². The summed E-state index contributed by atoms with van der Waals surface area (Å²) in [5.41, 5.74) is 0.830. The Morgan fingerprint density at radius 1 is 1.10 bits per heavy atom. The number of hydrogen-bond donors (Lipinski definition) is 1. The molecule has 106 valence electrons. The van der Waals surface area contributed by atoms with E-state index in [1.807, 2.05) is 25.1 Å². The van der Waals surface area contributed by atoms with Crippen molar-refractivity contribution < 1.29 is 8.78 Å². The predicted molar refractivity (Wildman–Crippen MR) is 83.7 cm³/mol. The van der Waals surface area contributed by atoms with Crippen LogP contribution in [-0.4, -0.2) is 6.54 Å². The zero-order valence-corrected chi connectivity index (χ0v) is 13.9. The van der Waals surface area contributed by atoms with Gasteiger partial charge < -0.3 is 5.32 Å². The van der Waals surface area contributed by atoms with Gasteiger partial charge in [0.2, 0.25) is 0 Å². The van der Waals surface area contributed by atoms with Crippen molar-refractivity contribution in [1.82, 2.24) is 5.32 Å². The van der Waals surface area contributed by atoms with Gasteiger partial charge in [-0.15, -0.1) is 0 Å².